The highest BCUT2D eigenvalue weighted by atomic mass is 14.9. The van der Waals surface area contributed by atoms with E-state index in [0.717, 1.165) is 18.7 Å². The molecule has 0 bridgehead atoms. The average molecular weight is 126 g/mol. The van der Waals surface area contributed by atoms with Crippen LogP contribution in [0.15, 0.2) is 4.99 Å². The van der Waals surface area contributed by atoms with E-state index in [0.29, 0.717) is 6.04 Å². The van der Waals surface area contributed by atoms with Crippen molar-refractivity contribution in [2.75, 3.05) is 0 Å². The Hall–Kier alpha value is -0.530. The second kappa shape index (κ2) is 2.85. The molecule has 0 spiro atoms. The summed E-state index contributed by atoms with van der Waals surface area (Å²) in [5, 5.41) is 0. The normalized spacial score (nSPS) is 27.7. The third-order valence-electron chi connectivity index (χ3n) is 1.79. The van der Waals surface area contributed by atoms with Gasteiger partial charge in [-0.1, -0.05) is 6.92 Å². The maximum atomic E-state index is 5.55. The zero-order valence-electron chi connectivity index (χ0n) is 5.93. The molecule has 0 aromatic heterocycles. The lowest BCUT2D eigenvalue weighted by Crippen LogP contribution is -2.21. The van der Waals surface area contributed by atoms with Crippen molar-refractivity contribution in [1.82, 2.24) is 0 Å². The molecule has 0 amide bonds. The molecule has 0 saturated heterocycles. The van der Waals surface area contributed by atoms with Crippen molar-refractivity contribution in [3.8, 4) is 0 Å². The molecule has 0 aromatic carbocycles. The van der Waals surface area contributed by atoms with Gasteiger partial charge in [-0.25, -0.2) is 0 Å². The third kappa shape index (κ3) is 1.70. The zero-order valence-corrected chi connectivity index (χ0v) is 5.93. The molecule has 2 heteroatoms. The first kappa shape index (κ1) is 6.59. The van der Waals surface area contributed by atoms with Gasteiger partial charge in [0.25, 0.3) is 0 Å². The van der Waals surface area contributed by atoms with E-state index in [-0.39, 0.29) is 0 Å². The first-order chi connectivity index (χ1) is 4.33. The van der Waals surface area contributed by atoms with E-state index in [1.807, 2.05) is 0 Å². The van der Waals surface area contributed by atoms with E-state index in [2.05, 4.69) is 11.9 Å². The second-order valence-corrected chi connectivity index (χ2v) is 2.57. The first-order valence-electron chi connectivity index (χ1n) is 3.65. The van der Waals surface area contributed by atoms with Crippen LogP contribution in [-0.4, -0.2) is 11.9 Å². The standard InChI is InChI=1S/C7H14N2/c1-2-6-4-3-5-7(8)9-6/h6H,2-5H2,1H3,(H2,8,9). The van der Waals surface area contributed by atoms with E-state index in [9.17, 15) is 0 Å². The van der Waals surface area contributed by atoms with Crippen LogP contribution in [-0.2, 0) is 0 Å². The molecule has 0 aromatic rings. The maximum absolute atomic E-state index is 5.55. The predicted molar refractivity (Wildman–Crippen MR) is 39.6 cm³/mol. The topological polar surface area (TPSA) is 38.4 Å². The number of nitrogens with two attached hydrogens (primary N) is 1. The van der Waals surface area contributed by atoms with Gasteiger partial charge in [0.2, 0.25) is 0 Å². The van der Waals surface area contributed by atoms with Gasteiger partial charge in [0.1, 0.15) is 0 Å². The van der Waals surface area contributed by atoms with Gasteiger partial charge in [-0.3, -0.25) is 4.99 Å². The molecule has 2 N–H and O–H groups in total. The number of hydrogen-bond donors (Lipinski definition) is 1. The molecule has 1 atom stereocenters. The van der Waals surface area contributed by atoms with E-state index >= 15 is 0 Å². The molecule has 52 valence electrons. The van der Waals surface area contributed by atoms with Crippen LogP contribution in [0.3, 0.4) is 0 Å². The summed E-state index contributed by atoms with van der Waals surface area (Å²) in [5.74, 6) is 0.855. The first-order valence-corrected chi connectivity index (χ1v) is 3.65. The minimum absolute atomic E-state index is 0.527. The van der Waals surface area contributed by atoms with Crippen molar-refractivity contribution < 1.29 is 0 Å². The van der Waals surface area contributed by atoms with Gasteiger partial charge in [-0.15, -0.1) is 0 Å². The molecule has 1 rings (SSSR count). The van der Waals surface area contributed by atoms with Gasteiger partial charge < -0.3 is 5.73 Å². The lowest BCUT2D eigenvalue weighted by Gasteiger charge is -2.15. The molecule has 0 saturated carbocycles. The van der Waals surface area contributed by atoms with Crippen molar-refractivity contribution in [3.63, 3.8) is 0 Å². The van der Waals surface area contributed by atoms with Gasteiger partial charge in [0.05, 0.1) is 11.9 Å². The van der Waals surface area contributed by atoms with Crippen LogP contribution in [0.25, 0.3) is 0 Å². The predicted octanol–water partition coefficient (Wildman–Crippen LogP) is 1.31. The van der Waals surface area contributed by atoms with Crippen LogP contribution in [0.5, 0.6) is 0 Å². The molecular weight excluding hydrogens is 112 g/mol. The monoisotopic (exact) mass is 126 g/mol. The molecule has 9 heavy (non-hydrogen) atoms. The van der Waals surface area contributed by atoms with Crippen molar-refractivity contribution >= 4 is 5.84 Å². The Kier molecular flexibility index (Phi) is 2.09. The fourth-order valence-corrected chi connectivity index (χ4v) is 1.18. The third-order valence-corrected chi connectivity index (χ3v) is 1.79. The summed E-state index contributed by atoms with van der Waals surface area (Å²) in [6.07, 6.45) is 4.61. The highest BCUT2D eigenvalue weighted by Gasteiger charge is 2.09. The molecule has 1 aliphatic rings. The molecule has 1 unspecified atom stereocenters. The molecule has 2 nitrogen and oxygen atoms in total. The Morgan fingerprint density at radius 1 is 1.78 bits per heavy atom. The van der Waals surface area contributed by atoms with Crippen molar-refractivity contribution in [1.29, 1.82) is 0 Å². The maximum Gasteiger partial charge on any atom is 0.0940 e. The van der Waals surface area contributed by atoms with E-state index < -0.39 is 0 Å². The summed E-state index contributed by atoms with van der Waals surface area (Å²) in [6, 6.07) is 0.527. The Bertz CT molecular complexity index is 118. The Balaban J connectivity index is 2.47. The summed E-state index contributed by atoms with van der Waals surface area (Å²) < 4.78 is 0. The van der Waals surface area contributed by atoms with Crippen molar-refractivity contribution in [2.24, 2.45) is 10.7 Å². The largest absolute Gasteiger partial charge is 0.387 e. The lowest BCUT2D eigenvalue weighted by atomic mass is 10.0. The molecule has 0 radical (unpaired) electrons. The van der Waals surface area contributed by atoms with Gasteiger partial charge in [-0.05, 0) is 19.3 Å². The summed E-state index contributed by atoms with van der Waals surface area (Å²) in [6.45, 7) is 2.16. The second-order valence-electron chi connectivity index (χ2n) is 2.57. The van der Waals surface area contributed by atoms with Gasteiger partial charge >= 0.3 is 0 Å². The minimum Gasteiger partial charge on any atom is -0.387 e. The molecule has 1 aliphatic heterocycles. The van der Waals surface area contributed by atoms with Crippen LogP contribution < -0.4 is 5.73 Å². The lowest BCUT2D eigenvalue weighted by molar-refractivity contribution is 0.553. The summed E-state index contributed by atoms with van der Waals surface area (Å²) in [7, 11) is 0. The fraction of sp³-hybridized carbons (Fsp3) is 0.857. The van der Waals surface area contributed by atoms with E-state index in [1.54, 1.807) is 0 Å². The SMILES string of the molecule is CCC1CCCC(N)=N1. The van der Waals surface area contributed by atoms with Crippen LogP contribution in [0, 0.1) is 0 Å². The Labute approximate surface area is 56.2 Å². The molecule has 0 fully saturated rings. The van der Waals surface area contributed by atoms with Crippen LogP contribution in [0.1, 0.15) is 32.6 Å². The summed E-state index contributed by atoms with van der Waals surface area (Å²) in [4.78, 5) is 4.30. The van der Waals surface area contributed by atoms with Crippen molar-refractivity contribution in [3.05, 3.63) is 0 Å². The average Bonchev–Trinajstić information content (AvgIpc) is 1.88. The minimum atomic E-state index is 0.527. The van der Waals surface area contributed by atoms with Crippen LogP contribution in [0.4, 0.5) is 0 Å². The quantitative estimate of drug-likeness (QED) is 0.565. The highest BCUT2D eigenvalue weighted by Crippen LogP contribution is 2.13. The Morgan fingerprint density at radius 2 is 2.56 bits per heavy atom. The van der Waals surface area contributed by atoms with Gasteiger partial charge in [0.15, 0.2) is 0 Å². The van der Waals surface area contributed by atoms with E-state index in [1.165, 1.54) is 12.8 Å². The number of rotatable bonds is 1. The number of nitrogens with zero attached hydrogens (tertiary/aromatic N) is 1. The summed E-state index contributed by atoms with van der Waals surface area (Å²) >= 11 is 0. The summed E-state index contributed by atoms with van der Waals surface area (Å²) in [5.41, 5.74) is 5.55. The number of hydrogen-bond acceptors (Lipinski definition) is 2. The zero-order chi connectivity index (χ0) is 6.69. The fourth-order valence-electron chi connectivity index (χ4n) is 1.18. The molecule has 1 heterocycles. The van der Waals surface area contributed by atoms with Gasteiger partial charge in [-0.2, -0.15) is 0 Å². The van der Waals surface area contributed by atoms with E-state index in [4.69, 9.17) is 5.73 Å². The number of aliphatic imine (C=N–C) groups is 1. The highest BCUT2D eigenvalue weighted by molar-refractivity contribution is 5.80. The van der Waals surface area contributed by atoms with Gasteiger partial charge in [0, 0.05) is 6.42 Å². The van der Waals surface area contributed by atoms with Crippen LogP contribution in [0.2, 0.25) is 0 Å². The molecular formula is C7H14N2. The molecule has 0 aliphatic carbocycles. The smallest absolute Gasteiger partial charge is 0.0940 e. The number of amidine groups is 1. The van der Waals surface area contributed by atoms with Crippen molar-refractivity contribution in [2.45, 2.75) is 38.6 Å². The van der Waals surface area contributed by atoms with Crippen LogP contribution >= 0.6 is 0 Å². The Morgan fingerprint density at radius 3 is 3.00 bits per heavy atom.